The van der Waals surface area contributed by atoms with Crippen LogP contribution in [0.5, 0.6) is 0 Å². The quantitative estimate of drug-likeness (QED) is 0.780. The average Bonchev–Trinajstić information content (AvgIpc) is 2.73. The van der Waals surface area contributed by atoms with Gasteiger partial charge in [-0.1, -0.05) is 30.3 Å². The smallest absolute Gasteiger partial charge is 0.331 e. The summed E-state index contributed by atoms with van der Waals surface area (Å²) >= 11 is 0. The molecule has 31 heavy (non-hydrogen) atoms. The predicted octanol–water partition coefficient (Wildman–Crippen LogP) is 2.78. The normalized spacial score (nSPS) is 29.6. The molecule has 6 heteroatoms. The van der Waals surface area contributed by atoms with Gasteiger partial charge in [0.05, 0.1) is 6.54 Å². The van der Waals surface area contributed by atoms with Gasteiger partial charge in [0.2, 0.25) is 5.91 Å². The van der Waals surface area contributed by atoms with Crippen molar-refractivity contribution in [2.45, 2.75) is 64.6 Å². The van der Waals surface area contributed by atoms with Crippen molar-refractivity contribution in [2.24, 2.45) is 23.2 Å². The third-order valence-corrected chi connectivity index (χ3v) is 8.02. The van der Waals surface area contributed by atoms with E-state index >= 15 is 0 Å². The van der Waals surface area contributed by atoms with Gasteiger partial charge in [-0.15, -0.1) is 0 Å². The van der Waals surface area contributed by atoms with Gasteiger partial charge in [0, 0.05) is 18.3 Å². The molecule has 2 aromatic rings. The van der Waals surface area contributed by atoms with Crippen LogP contribution in [0.25, 0.3) is 0 Å². The number of carbonyl (C=O) groups excluding carboxylic acids is 1. The zero-order chi connectivity index (χ0) is 21.6. The number of benzene rings is 1. The third-order valence-electron chi connectivity index (χ3n) is 8.02. The van der Waals surface area contributed by atoms with E-state index in [1.165, 1.54) is 55.4 Å². The monoisotopic (exact) mass is 421 g/mol. The molecule has 1 amide bonds. The number of hydrogen-bond acceptors (Lipinski definition) is 3. The second-order valence-electron chi connectivity index (χ2n) is 10.2. The zero-order valence-electron chi connectivity index (χ0n) is 18.1. The highest BCUT2D eigenvalue weighted by Gasteiger charge is 2.53. The van der Waals surface area contributed by atoms with E-state index in [1.807, 2.05) is 30.3 Å². The molecule has 1 atom stereocenters. The molecule has 1 aromatic heterocycles. The molecule has 0 saturated heterocycles. The van der Waals surface area contributed by atoms with Gasteiger partial charge in [-0.3, -0.25) is 18.7 Å². The van der Waals surface area contributed by atoms with Crippen LogP contribution in [0.2, 0.25) is 0 Å². The standard InChI is InChI=1S/C25H31N3O3/c1-17(25-12-19-9-20(13-25)11-21(10-19)14-25)26-22(29)16-28-23(30)7-8-27(24(28)31)15-18-5-3-2-4-6-18/h2-8,17,19-21H,9-16H2,1H3,(H,26,29)/t17-,19?,20?,21?,25?/m1/s1. The molecule has 0 unspecified atom stereocenters. The molecule has 4 aliphatic rings. The van der Waals surface area contributed by atoms with Gasteiger partial charge in [0.1, 0.15) is 6.54 Å². The molecule has 164 valence electrons. The molecule has 1 heterocycles. The summed E-state index contributed by atoms with van der Waals surface area (Å²) in [7, 11) is 0. The first-order valence-corrected chi connectivity index (χ1v) is 11.6. The molecular weight excluding hydrogens is 390 g/mol. The minimum absolute atomic E-state index is 0.0689. The summed E-state index contributed by atoms with van der Waals surface area (Å²) in [6, 6.07) is 11.0. The lowest BCUT2D eigenvalue weighted by molar-refractivity contribution is -0.126. The van der Waals surface area contributed by atoms with Gasteiger partial charge in [0.25, 0.3) is 5.56 Å². The van der Waals surface area contributed by atoms with Crippen LogP contribution in [0, 0.1) is 23.2 Å². The van der Waals surface area contributed by atoms with Crippen LogP contribution < -0.4 is 16.6 Å². The van der Waals surface area contributed by atoms with E-state index in [2.05, 4.69) is 12.2 Å². The topological polar surface area (TPSA) is 73.1 Å². The Kier molecular flexibility index (Phi) is 5.11. The molecule has 4 saturated carbocycles. The molecule has 0 radical (unpaired) electrons. The van der Waals surface area contributed by atoms with E-state index in [9.17, 15) is 14.4 Å². The van der Waals surface area contributed by atoms with E-state index in [0.717, 1.165) is 27.9 Å². The summed E-state index contributed by atoms with van der Waals surface area (Å²) in [6.45, 7) is 2.25. The second-order valence-corrected chi connectivity index (χ2v) is 10.2. The lowest BCUT2D eigenvalue weighted by Crippen LogP contribution is -2.56. The van der Waals surface area contributed by atoms with Crippen molar-refractivity contribution in [2.75, 3.05) is 0 Å². The van der Waals surface area contributed by atoms with Crippen LogP contribution in [0.1, 0.15) is 51.0 Å². The Morgan fingerprint density at radius 2 is 1.65 bits per heavy atom. The van der Waals surface area contributed by atoms with Crippen molar-refractivity contribution in [3.8, 4) is 0 Å². The molecular formula is C25H31N3O3. The molecule has 6 rings (SSSR count). The Bertz CT molecular complexity index is 1050. The van der Waals surface area contributed by atoms with Crippen molar-refractivity contribution >= 4 is 5.91 Å². The number of rotatable bonds is 6. The van der Waals surface area contributed by atoms with Crippen LogP contribution in [0.3, 0.4) is 0 Å². The Hall–Kier alpha value is -2.63. The molecule has 4 aliphatic carbocycles. The number of aromatic nitrogens is 2. The van der Waals surface area contributed by atoms with Crippen molar-refractivity contribution in [1.82, 2.24) is 14.5 Å². The fraction of sp³-hybridized carbons (Fsp3) is 0.560. The van der Waals surface area contributed by atoms with E-state index in [1.54, 1.807) is 0 Å². The van der Waals surface area contributed by atoms with Gasteiger partial charge in [-0.05, 0) is 74.2 Å². The molecule has 1 N–H and O–H groups in total. The summed E-state index contributed by atoms with van der Waals surface area (Å²) in [5.74, 6) is 2.19. The van der Waals surface area contributed by atoms with Crippen molar-refractivity contribution < 1.29 is 4.79 Å². The van der Waals surface area contributed by atoms with E-state index < -0.39 is 11.2 Å². The van der Waals surface area contributed by atoms with E-state index in [-0.39, 0.29) is 23.9 Å². The van der Waals surface area contributed by atoms with Crippen molar-refractivity contribution in [3.63, 3.8) is 0 Å². The molecule has 1 aromatic carbocycles. The summed E-state index contributed by atoms with van der Waals surface area (Å²) in [5, 5.41) is 3.16. The molecule has 0 aliphatic heterocycles. The van der Waals surface area contributed by atoms with Crippen LogP contribution in [0.15, 0.2) is 52.2 Å². The van der Waals surface area contributed by atoms with Crippen LogP contribution >= 0.6 is 0 Å². The summed E-state index contributed by atoms with van der Waals surface area (Å²) < 4.78 is 2.52. The maximum Gasteiger partial charge on any atom is 0.331 e. The Labute approximate surface area is 182 Å². The van der Waals surface area contributed by atoms with Crippen molar-refractivity contribution in [1.29, 1.82) is 0 Å². The molecule has 6 nitrogen and oxygen atoms in total. The van der Waals surface area contributed by atoms with Gasteiger partial charge < -0.3 is 5.32 Å². The predicted molar refractivity (Wildman–Crippen MR) is 119 cm³/mol. The first-order valence-electron chi connectivity index (χ1n) is 11.6. The van der Waals surface area contributed by atoms with Crippen LogP contribution in [0.4, 0.5) is 0 Å². The molecule has 4 fully saturated rings. The molecule has 4 bridgehead atoms. The Morgan fingerprint density at radius 3 is 2.26 bits per heavy atom. The van der Waals surface area contributed by atoms with Crippen LogP contribution in [-0.4, -0.2) is 21.1 Å². The SMILES string of the molecule is C[C@@H](NC(=O)Cn1c(=O)ccn(Cc2ccccc2)c1=O)C12CC3CC(CC(C3)C1)C2. The maximum atomic E-state index is 12.9. The van der Waals surface area contributed by atoms with Crippen LogP contribution in [-0.2, 0) is 17.9 Å². The van der Waals surface area contributed by atoms with Gasteiger partial charge >= 0.3 is 5.69 Å². The minimum atomic E-state index is -0.450. The largest absolute Gasteiger partial charge is 0.352 e. The summed E-state index contributed by atoms with van der Waals surface area (Å²) in [5.41, 5.74) is 0.273. The Morgan fingerprint density at radius 1 is 1.03 bits per heavy atom. The fourth-order valence-corrected chi connectivity index (χ4v) is 6.89. The Balaban J connectivity index is 1.30. The minimum Gasteiger partial charge on any atom is -0.352 e. The maximum absolute atomic E-state index is 12.9. The summed E-state index contributed by atoms with van der Waals surface area (Å²) in [4.78, 5) is 38.1. The fourth-order valence-electron chi connectivity index (χ4n) is 6.89. The van der Waals surface area contributed by atoms with Gasteiger partial charge in [0.15, 0.2) is 0 Å². The average molecular weight is 422 g/mol. The number of carbonyl (C=O) groups is 1. The number of nitrogens with zero attached hydrogens (tertiary/aromatic N) is 2. The van der Waals surface area contributed by atoms with Gasteiger partial charge in [-0.25, -0.2) is 4.79 Å². The highest BCUT2D eigenvalue weighted by atomic mass is 16.2. The number of nitrogens with one attached hydrogen (secondary N) is 1. The highest BCUT2D eigenvalue weighted by molar-refractivity contribution is 5.76. The number of amides is 1. The lowest BCUT2D eigenvalue weighted by atomic mass is 9.48. The van der Waals surface area contributed by atoms with Crippen molar-refractivity contribution in [3.05, 3.63) is 69.0 Å². The van der Waals surface area contributed by atoms with E-state index in [0.29, 0.717) is 6.54 Å². The third kappa shape index (κ3) is 3.88. The van der Waals surface area contributed by atoms with Gasteiger partial charge in [-0.2, -0.15) is 0 Å². The van der Waals surface area contributed by atoms with E-state index in [4.69, 9.17) is 0 Å². The second kappa shape index (κ2) is 7.81. The first-order chi connectivity index (χ1) is 14.9. The lowest BCUT2D eigenvalue weighted by Gasteiger charge is -2.59. The first kappa shape index (κ1) is 20.3. The number of hydrogen-bond donors (Lipinski definition) is 1. The zero-order valence-corrected chi connectivity index (χ0v) is 18.1. The highest BCUT2D eigenvalue weighted by Crippen LogP contribution is 2.61. The molecule has 0 spiro atoms. The summed E-state index contributed by atoms with van der Waals surface area (Å²) in [6.07, 6.45) is 9.20.